The second-order valence-corrected chi connectivity index (χ2v) is 20.2. The molecular formula is C56H107NO8. The van der Waals surface area contributed by atoms with Gasteiger partial charge in [-0.05, 0) is 38.5 Å². The molecule has 9 nitrogen and oxygen atoms in total. The van der Waals surface area contributed by atoms with Gasteiger partial charge in [-0.1, -0.05) is 231 Å². The van der Waals surface area contributed by atoms with Crippen LogP contribution in [0.5, 0.6) is 0 Å². The zero-order chi connectivity index (χ0) is 47.7. The smallest absolute Gasteiger partial charge is 0.306 e. The van der Waals surface area contributed by atoms with Crippen molar-refractivity contribution in [2.75, 3.05) is 47.5 Å². The van der Waals surface area contributed by atoms with E-state index in [4.69, 9.17) is 18.9 Å². The van der Waals surface area contributed by atoms with Gasteiger partial charge in [0.05, 0.1) is 40.3 Å². The number of carboxylic acids is 1. The van der Waals surface area contributed by atoms with Crippen LogP contribution in [-0.2, 0) is 33.3 Å². The van der Waals surface area contributed by atoms with Gasteiger partial charge < -0.3 is 33.3 Å². The van der Waals surface area contributed by atoms with E-state index in [2.05, 4.69) is 26.0 Å². The molecule has 0 spiro atoms. The van der Waals surface area contributed by atoms with Crippen molar-refractivity contribution in [3.8, 4) is 0 Å². The lowest BCUT2D eigenvalue weighted by atomic mass is 10.0. The summed E-state index contributed by atoms with van der Waals surface area (Å²) in [5.41, 5.74) is 0. The van der Waals surface area contributed by atoms with E-state index in [0.29, 0.717) is 17.4 Å². The first-order chi connectivity index (χ1) is 31.6. The molecule has 65 heavy (non-hydrogen) atoms. The molecule has 2 unspecified atom stereocenters. The molecule has 0 aromatic heterocycles. The maximum Gasteiger partial charge on any atom is 0.306 e. The van der Waals surface area contributed by atoms with Crippen LogP contribution in [0.3, 0.4) is 0 Å². The predicted octanol–water partition coefficient (Wildman–Crippen LogP) is 14.5. The largest absolute Gasteiger partial charge is 0.545 e. The van der Waals surface area contributed by atoms with Gasteiger partial charge in [-0.15, -0.1) is 0 Å². The summed E-state index contributed by atoms with van der Waals surface area (Å²) in [6.07, 6.45) is 51.2. The Labute approximate surface area is 402 Å². The number of rotatable bonds is 52. The fraction of sp³-hybridized carbons (Fsp3) is 0.911. The molecule has 0 heterocycles. The molecule has 0 aliphatic carbocycles. The molecule has 0 aliphatic rings. The molecule has 0 bridgehead atoms. The minimum absolute atomic E-state index is 0.152. The van der Waals surface area contributed by atoms with Crippen molar-refractivity contribution in [3.63, 3.8) is 0 Å². The van der Waals surface area contributed by atoms with E-state index in [-0.39, 0.29) is 32.2 Å². The number of nitrogens with zero attached hydrogens (tertiary/aromatic N) is 1. The van der Waals surface area contributed by atoms with Crippen LogP contribution >= 0.6 is 0 Å². The second-order valence-electron chi connectivity index (χ2n) is 20.2. The molecule has 384 valence electrons. The number of esters is 2. The number of aliphatic carboxylic acids is 1. The van der Waals surface area contributed by atoms with Crippen LogP contribution in [0.15, 0.2) is 12.2 Å². The second kappa shape index (κ2) is 48.5. The van der Waals surface area contributed by atoms with Crippen molar-refractivity contribution in [1.82, 2.24) is 0 Å². The van der Waals surface area contributed by atoms with Crippen molar-refractivity contribution in [2.45, 2.75) is 283 Å². The van der Waals surface area contributed by atoms with Crippen molar-refractivity contribution < 1.29 is 42.9 Å². The van der Waals surface area contributed by atoms with E-state index in [1.54, 1.807) is 0 Å². The molecule has 0 aliphatic heterocycles. The summed E-state index contributed by atoms with van der Waals surface area (Å²) in [5, 5.41) is 11.7. The van der Waals surface area contributed by atoms with Gasteiger partial charge in [0.1, 0.15) is 13.2 Å². The van der Waals surface area contributed by atoms with Crippen LogP contribution in [0.25, 0.3) is 0 Å². The molecule has 0 fully saturated rings. The van der Waals surface area contributed by atoms with E-state index in [1.165, 1.54) is 205 Å². The molecule has 9 heteroatoms. The Balaban J connectivity index is 4.15. The summed E-state index contributed by atoms with van der Waals surface area (Å²) in [7, 11) is 5.93. The van der Waals surface area contributed by atoms with Crippen LogP contribution in [0, 0.1) is 0 Å². The molecule has 0 saturated heterocycles. The van der Waals surface area contributed by atoms with Crippen LogP contribution < -0.4 is 5.11 Å². The fourth-order valence-corrected chi connectivity index (χ4v) is 8.18. The number of unbranched alkanes of at least 4 members (excludes halogenated alkanes) is 35. The monoisotopic (exact) mass is 922 g/mol. The molecule has 2 atom stereocenters. The zero-order valence-corrected chi connectivity index (χ0v) is 43.6. The van der Waals surface area contributed by atoms with E-state index >= 15 is 0 Å². The van der Waals surface area contributed by atoms with Crippen LogP contribution in [-0.4, -0.2) is 82.3 Å². The Morgan fingerprint density at radius 3 is 1.14 bits per heavy atom. The lowest BCUT2D eigenvalue weighted by molar-refractivity contribution is -0.870. The predicted molar refractivity (Wildman–Crippen MR) is 270 cm³/mol. The van der Waals surface area contributed by atoms with Gasteiger partial charge in [0, 0.05) is 12.8 Å². The Bertz CT molecular complexity index is 1070. The molecular weight excluding hydrogens is 815 g/mol. The molecule has 0 amide bonds. The molecule has 0 N–H and O–H groups in total. The Morgan fingerprint density at radius 2 is 0.785 bits per heavy atom. The van der Waals surface area contributed by atoms with Gasteiger partial charge in [0.2, 0.25) is 0 Å². The molecule has 0 radical (unpaired) electrons. The first-order valence-corrected chi connectivity index (χ1v) is 27.8. The highest BCUT2D eigenvalue weighted by molar-refractivity contribution is 5.70. The first kappa shape index (κ1) is 63.0. The maximum absolute atomic E-state index is 12.8. The Kier molecular flexibility index (Phi) is 47.0. The third-order valence-electron chi connectivity index (χ3n) is 12.5. The number of ether oxygens (including phenoxy) is 4. The number of quaternary nitrogens is 1. The van der Waals surface area contributed by atoms with E-state index in [0.717, 1.165) is 38.5 Å². The van der Waals surface area contributed by atoms with Crippen molar-refractivity contribution in [1.29, 1.82) is 0 Å². The highest BCUT2D eigenvalue weighted by atomic mass is 16.7. The third kappa shape index (κ3) is 49.8. The molecule has 0 aromatic rings. The van der Waals surface area contributed by atoms with Gasteiger partial charge >= 0.3 is 11.9 Å². The van der Waals surface area contributed by atoms with E-state index in [1.807, 2.05) is 21.1 Å². The normalized spacial score (nSPS) is 12.8. The summed E-state index contributed by atoms with van der Waals surface area (Å²) in [6, 6.07) is 0. The zero-order valence-electron chi connectivity index (χ0n) is 43.6. The number of carbonyl (C=O) groups is 3. The minimum atomic E-state index is -1.61. The molecule has 0 rings (SSSR count). The number of allylic oxidation sites excluding steroid dienone is 2. The number of likely N-dealkylation sites (N-methyl/N-ethyl adjacent to an activating group) is 1. The van der Waals surface area contributed by atoms with Crippen LogP contribution in [0.4, 0.5) is 0 Å². The number of carboxylic acid groups (broad SMARTS) is 1. The first-order valence-electron chi connectivity index (χ1n) is 27.8. The average Bonchev–Trinajstić information content (AvgIpc) is 3.27. The Hall–Kier alpha value is -1.97. The maximum atomic E-state index is 12.8. The van der Waals surface area contributed by atoms with Crippen molar-refractivity contribution in [2.24, 2.45) is 0 Å². The number of hydrogen-bond donors (Lipinski definition) is 0. The number of carbonyl (C=O) groups excluding carboxylic acids is 3. The third-order valence-corrected chi connectivity index (χ3v) is 12.5. The van der Waals surface area contributed by atoms with E-state index < -0.39 is 24.3 Å². The number of hydrogen-bond acceptors (Lipinski definition) is 8. The van der Waals surface area contributed by atoms with Crippen LogP contribution in [0.1, 0.15) is 271 Å². The molecule has 0 aromatic carbocycles. The highest BCUT2D eigenvalue weighted by Gasteiger charge is 2.22. The Morgan fingerprint density at radius 1 is 0.446 bits per heavy atom. The summed E-state index contributed by atoms with van der Waals surface area (Å²) in [6.45, 7) is 4.79. The highest BCUT2D eigenvalue weighted by Crippen LogP contribution is 2.17. The van der Waals surface area contributed by atoms with Gasteiger partial charge in [-0.25, -0.2) is 0 Å². The van der Waals surface area contributed by atoms with Crippen molar-refractivity contribution in [3.05, 3.63) is 12.2 Å². The standard InChI is InChI=1S/C56H107NO8/c1-6-8-10-12-14-16-18-20-21-22-23-24-25-26-27-28-29-30-31-32-33-35-37-39-41-43-45-47-54(59)65-52(51-64-56(55(60)61)62-49-48-57(3,4)5)50-63-53(58)46-44-42-40-38-36-34-19-17-15-13-11-9-7-2/h22-23,52,56H,6-21,24-51H2,1-5H3/b23-22-. The quantitative estimate of drug-likeness (QED) is 0.0195. The van der Waals surface area contributed by atoms with Crippen LogP contribution in [0.2, 0.25) is 0 Å². The summed E-state index contributed by atoms with van der Waals surface area (Å²) in [5.74, 6) is -2.26. The van der Waals surface area contributed by atoms with Gasteiger partial charge in [-0.2, -0.15) is 0 Å². The average molecular weight is 922 g/mol. The molecule has 0 saturated carbocycles. The van der Waals surface area contributed by atoms with Gasteiger partial charge in [0.25, 0.3) is 0 Å². The fourth-order valence-electron chi connectivity index (χ4n) is 8.18. The minimum Gasteiger partial charge on any atom is -0.545 e. The summed E-state index contributed by atoms with van der Waals surface area (Å²) < 4.78 is 22.7. The summed E-state index contributed by atoms with van der Waals surface area (Å²) >= 11 is 0. The van der Waals surface area contributed by atoms with Gasteiger partial charge in [-0.3, -0.25) is 9.59 Å². The lowest BCUT2D eigenvalue weighted by Gasteiger charge is -2.26. The van der Waals surface area contributed by atoms with Gasteiger partial charge in [0.15, 0.2) is 12.4 Å². The summed E-state index contributed by atoms with van der Waals surface area (Å²) in [4.78, 5) is 37.1. The van der Waals surface area contributed by atoms with Crippen molar-refractivity contribution >= 4 is 17.9 Å². The van der Waals surface area contributed by atoms with E-state index in [9.17, 15) is 19.5 Å². The topological polar surface area (TPSA) is 111 Å². The lowest BCUT2D eigenvalue weighted by Crippen LogP contribution is -2.44. The SMILES string of the molecule is CCCCCCCCCC/C=C\CCCCCCCCCCCCCCCCCC(=O)OC(COC(=O)CCCCCCCCCCCCCCC)COC(OCC[N+](C)(C)C)C(=O)[O-].